The van der Waals surface area contributed by atoms with E-state index < -0.39 is 0 Å². The van der Waals surface area contributed by atoms with Crippen LogP contribution in [0.25, 0.3) is 55.9 Å². The smallest absolute Gasteiger partial charge is 0.144 e. The number of para-hydroxylation sites is 1. The molecule has 0 saturated heterocycles. The molecule has 6 rings (SSSR count). The van der Waals surface area contributed by atoms with Crippen molar-refractivity contribution in [1.29, 1.82) is 0 Å². The lowest BCUT2D eigenvalue weighted by atomic mass is 9.99. The molecule has 0 atom stereocenters. The van der Waals surface area contributed by atoms with Gasteiger partial charge in [-0.3, -0.25) is 9.97 Å². The van der Waals surface area contributed by atoms with Gasteiger partial charge in [0.1, 0.15) is 11.6 Å². The molecule has 0 unspecified atom stereocenters. The van der Waals surface area contributed by atoms with Crippen molar-refractivity contribution in [3.63, 3.8) is 0 Å². The summed E-state index contributed by atoms with van der Waals surface area (Å²) in [5.41, 5.74) is 8.87. The van der Waals surface area contributed by atoms with E-state index in [9.17, 15) is 5.11 Å². The van der Waals surface area contributed by atoms with Crippen molar-refractivity contribution in [2.45, 2.75) is 0 Å². The van der Waals surface area contributed by atoms with Gasteiger partial charge < -0.3 is 9.67 Å². The number of nitrogens with zero attached hydrogens (tertiary/aromatic N) is 4. The highest BCUT2D eigenvalue weighted by atomic mass is 16.3. The summed E-state index contributed by atoms with van der Waals surface area (Å²) in [7, 11) is 1.96. The first kappa shape index (κ1) is 20.8. The summed E-state index contributed by atoms with van der Waals surface area (Å²) in [6.07, 6.45) is 4.96. The van der Waals surface area contributed by atoms with Crippen LogP contribution in [0.2, 0.25) is 0 Å². The Morgan fingerprint density at radius 3 is 2.34 bits per heavy atom. The molecule has 3 heterocycles. The molecule has 5 nitrogen and oxygen atoms in total. The standard InChI is InChI=1S/C30H22N4O/c1-34-27-12-6-11-24(29(27)33-30(34)25-14-15-31-19-28(25)35)22-9-5-10-23(17-22)26-18-21(13-16-32-26)20-7-3-2-4-8-20/h2-19,35H,1H3. The van der Waals surface area contributed by atoms with E-state index in [0.717, 1.165) is 44.5 Å². The maximum absolute atomic E-state index is 10.3. The quantitative estimate of drug-likeness (QED) is 0.320. The fourth-order valence-corrected chi connectivity index (χ4v) is 4.51. The first-order chi connectivity index (χ1) is 17.2. The lowest BCUT2D eigenvalue weighted by Gasteiger charge is -2.08. The summed E-state index contributed by atoms with van der Waals surface area (Å²) in [6, 6.07) is 30.8. The number of fused-ring (bicyclic) bond motifs is 1. The summed E-state index contributed by atoms with van der Waals surface area (Å²) >= 11 is 0. The van der Waals surface area contributed by atoms with Crippen LogP contribution in [-0.4, -0.2) is 24.6 Å². The number of aryl methyl sites for hydroxylation is 1. The Hall–Kier alpha value is -4.77. The number of benzene rings is 3. The predicted molar refractivity (Wildman–Crippen MR) is 140 cm³/mol. The Labute approximate surface area is 203 Å². The molecule has 0 amide bonds. The monoisotopic (exact) mass is 454 g/mol. The van der Waals surface area contributed by atoms with E-state index in [0.29, 0.717) is 11.4 Å². The molecule has 0 aliphatic rings. The van der Waals surface area contributed by atoms with E-state index >= 15 is 0 Å². The van der Waals surface area contributed by atoms with E-state index in [1.54, 1.807) is 12.3 Å². The van der Waals surface area contributed by atoms with Crippen molar-refractivity contribution in [3.8, 4) is 50.6 Å². The Morgan fingerprint density at radius 2 is 1.49 bits per heavy atom. The van der Waals surface area contributed by atoms with Gasteiger partial charge in [-0.2, -0.15) is 0 Å². The van der Waals surface area contributed by atoms with Gasteiger partial charge in [0.05, 0.1) is 28.5 Å². The van der Waals surface area contributed by atoms with E-state index in [1.165, 1.54) is 6.20 Å². The third kappa shape index (κ3) is 3.73. The summed E-state index contributed by atoms with van der Waals surface area (Å²) < 4.78 is 2.00. The second-order valence-corrected chi connectivity index (χ2v) is 8.44. The summed E-state index contributed by atoms with van der Waals surface area (Å²) in [4.78, 5) is 13.6. The Morgan fingerprint density at radius 1 is 0.686 bits per heavy atom. The predicted octanol–water partition coefficient (Wildman–Crippen LogP) is 6.74. The normalized spacial score (nSPS) is 11.1. The molecule has 0 radical (unpaired) electrons. The van der Waals surface area contributed by atoms with Crippen LogP contribution < -0.4 is 0 Å². The first-order valence-corrected chi connectivity index (χ1v) is 11.4. The van der Waals surface area contributed by atoms with Crippen LogP contribution in [0.4, 0.5) is 0 Å². The van der Waals surface area contributed by atoms with Crippen LogP contribution in [-0.2, 0) is 7.05 Å². The number of rotatable bonds is 4. The molecule has 0 bridgehead atoms. The second kappa shape index (κ2) is 8.54. The third-order valence-electron chi connectivity index (χ3n) is 6.29. The minimum atomic E-state index is 0.110. The molecule has 5 heteroatoms. The van der Waals surface area contributed by atoms with Crippen LogP contribution >= 0.6 is 0 Å². The Balaban J connectivity index is 1.46. The van der Waals surface area contributed by atoms with Gasteiger partial charge in [0.15, 0.2) is 0 Å². The summed E-state index contributed by atoms with van der Waals surface area (Å²) in [6.45, 7) is 0. The third-order valence-corrected chi connectivity index (χ3v) is 6.29. The molecule has 1 N–H and O–H groups in total. The van der Waals surface area contributed by atoms with Gasteiger partial charge in [0.2, 0.25) is 0 Å². The van der Waals surface area contributed by atoms with Gasteiger partial charge in [-0.15, -0.1) is 0 Å². The molecule has 0 aliphatic heterocycles. The number of imidazole rings is 1. The van der Waals surface area contributed by atoms with Gasteiger partial charge in [-0.25, -0.2) is 4.98 Å². The summed E-state index contributed by atoms with van der Waals surface area (Å²) in [5, 5.41) is 10.3. The molecule has 3 aromatic carbocycles. The Bertz CT molecular complexity index is 1670. The highest BCUT2D eigenvalue weighted by Gasteiger charge is 2.16. The minimum absolute atomic E-state index is 0.110. The van der Waals surface area contributed by atoms with Gasteiger partial charge in [0.25, 0.3) is 0 Å². The molecular formula is C30H22N4O. The highest BCUT2D eigenvalue weighted by molar-refractivity contribution is 5.95. The fraction of sp³-hybridized carbons (Fsp3) is 0.0333. The number of aromatic hydroxyl groups is 1. The first-order valence-electron chi connectivity index (χ1n) is 11.4. The van der Waals surface area contributed by atoms with E-state index in [-0.39, 0.29) is 5.75 Å². The van der Waals surface area contributed by atoms with Gasteiger partial charge in [-0.05, 0) is 47.0 Å². The van der Waals surface area contributed by atoms with E-state index in [1.807, 2.05) is 54.2 Å². The molecule has 6 aromatic rings. The average Bonchev–Trinajstić information content (AvgIpc) is 3.26. The molecule has 168 valence electrons. The van der Waals surface area contributed by atoms with Crippen molar-refractivity contribution in [2.24, 2.45) is 7.05 Å². The zero-order chi connectivity index (χ0) is 23.8. The van der Waals surface area contributed by atoms with Gasteiger partial charge >= 0.3 is 0 Å². The van der Waals surface area contributed by atoms with Crippen LogP contribution in [0.5, 0.6) is 5.75 Å². The molecular weight excluding hydrogens is 432 g/mol. The highest BCUT2D eigenvalue weighted by Crippen LogP contribution is 2.35. The number of aromatic nitrogens is 4. The number of hydrogen-bond acceptors (Lipinski definition) is 4. The minimum Gasteiger partial charge on any atom is -0.506 e. The Kier molecular flexibility index (Phi) is 5.08. The van der Waals surface area contributed by atoms with Crippen LogP contribution in [0.15, 0.2) is 110 Å². The largest absolute Gasteiger partial charge is 0.506 e. The topological polar surface area (TPSA) is 63.8 Å². The molecule has 35 heavy (non-hydrogen) atoms. The average molecular weight is 455 g/mol. The van der Waals surface area contributed by atoms with Crippen molar-refractivity contribution in [2.75, 3.05) is 0 Å². The maximum atomic E-state index is 10.3. The second-order valence-electron chi connectivity index (χ2n) is 8.44. The van der Waals surface area contributed by atoms with E-state index in [4.69, 9.17) is 4.98 Å². The van der Waals surface area contributed by atoms with Crippen LogP contribution in [0.1, 0.15) is 0 Å². The lowest BCUT2D eigenvalue weighted by Crippen LogP contribution is -1.93. The van der Waals surface area contributed by atoms with Gasteiger partial charge in [0, 0.05) is 30.6 Å². The molecule has 0 saturated carbocycles. The maximum Gasteiger partial charge on any atom is 0.144 e. The van der Waals surface area contributed by atoms with E-state index in [2.05, 4.69) is 58.5 Å². The number of hydrogen-bond donors (Lipinski definition) is 1. The SMILES string of the molecule is Cn1c(-c2ccncc2O)nc2c(-c3cccc(-c4cc(-c5ccccc5)ccn4)c3)cccc21. The summed E-state index contributed by atoms with van der Waals surface area (Å²) in [5.74, 6) is 0.805. The van der Waals surface area contributed by atoms with Gasteiger partial charge in [-0.1, -0.05) is 60.7 Å². The van der Waals surface area contributed by atoms with Crippen LogP contribution in [0, 0.1) is 0 Å². The van der Waals surface area contributed by atoms with Crippen molar-refractivity contribution < 1.29 is 5.11 Å². The molecule has 0 spiro atoms. The van der Waals surface area contributed by atoms with Crippen LogP contribution in [0.3, 0.4) is 0 Å². The van der Waals surface area contributed by atoms with Crippen molar-refractivity contribution in [1.82, 2.24) is 19.5 Å². The lowest BCUT2D eigenvalue weighted by molar-refractivity contribution is 0.474. The fourth-order valence-electron chi connectivity index (χ4n) is 4.51. The zero-order valence-electron chi connectivity index (χ0n) is 19.1. The molecule has 0 aliphatic carbocycles. The number of pyridine rings is 2. The molecule has 0 fully saturated rings. The molecule has 3 aromatic heterocycles. The van der Waals surface area contributed by atoms with Crippen molar-refractivity contribution >= 4 is 11.0 Å². The zero-order valence-corrected chi connectivity index (χ0v) is 19.1. The van der Waals surface area contributed by atoms with Crippen molar-refractivity contribution in [3.05, 3.63) is 110 Å².